The standard InChI is InChI=1S/C20H14N6O/c27-20(26-7-1-6-25-26)14-4-2-13(3-5-14)15-8-17-18(16-10-23-24-11-16)12-22-19(17)21-9-15/h1-12H,(H,21,22)(H,23,24). The monoisotopic (exact) mass is 354 g/mol. The second-order valence-corrected chi connectivity index (χ2v) is 6.14. The largest absolute Gasteiger partial charge is 0.346 e. The van der Waals surface area contributed by atoms with Crippen LogP contribution in [0.4, 0.5) is 0 Å². The van der Waals surface area contributed by atoms with Gasteiger partial charge < -0.3 is 4.98 Å². The van der Waals surface area contributed by atoms with E-state index in [1.54, 1.807) is 36.8 Å². The van der Waals surface area contributed by atoms with Crippen LogP contribution >= 0.6 is 0 Å². The fourth-order valence-corrected chi connectivity index (χ4v) is 3.12. The van der Waals surface area contributed by atoms with Gasteiger partial charge in [-0.25, -0.2) is 9.67 Å². The van der Waals surface area contributed by atoms with Crippen LogP contribution in [0, 0.1) is 0 Å². The van der Waals surface area contributed by atoms with E-state index in [4.69, 9.17) is 0 Å². The first-order valence-electron chi connectivity index (χ1n) is 8.41. The first kappa shape index (κ1) is 15.3. The highest BCUT2D eigenvalue weighted by atomic mass is 16.2. The Hall–Kier alpha value is -4.00. The van der Waals surface area contributed by atoms with Gasteiger partial charge in [0.2, 0.25) is 0 Å². The summed E-state index contributed by atoms with van der Waals surface area (Å²) in [5, 5.41) is 11.8. The SMILES string of the molecule is O=C(c1ccc(-c2cnc3[nH]cc(-c4cn[nH]c4)c3c2)cc1)n1cccn1. The second kappa shape index (κ2) is 6.06. The summed E-state index contributed by atoms with van der Waals surface area (Å²) in [6.07, 6.45) is 10.6. The Labute approximate surface area is 153 Å². The third-order valence-corrected chi connectivity index (χ3v) is 4.52. The summed E-state index contributed by atoms with van der Waals surface area (Å²) >= 11 is 0. The third-order valence-electron chi connectivity index (χ3n) is 4.52. The molecule has 7 nitrogen and oxygen atoms in total. The number of aromatic nitrogens is 6. The molecule has 0 fully saturated rings. The highest BCUT2D eigenvalue weighted by molar-refractivity contribution is 5.97. The fourth-order valence-electron chi connectivity index (χ4n) is 3.12. The Morgan fingerprint density at radius 3 is 2.63 bits per heavy atom. The van der Waals surface area contributed by atoms with Crippen molar-refractivity contribution in [3.63, 3.8) is 0 Å². The average Bonchev–Trinajstić information content (AvgIpc) is 3.48. The van der Waals surface area contributed by atoms with Gasteiger partial charge in [-0.2, -0.15) is 10.2 Å². The normalized spacial score (nSPS) is 11.1. The Balaban J connectivity index is 1.52. The maximum Gasteiger partial charge on any atom is 0.278 e. The minimum atomic E-state index is -0.159. The number of benzene rings is 1. The molecule has 0 atom stereocenters. The molecule has 0 aliphatic rings. The number of nitrogens with zero attached hydrogens (tertiary/aromatic N) is 4. The minimum absolute atomic E-state index is 0.159. The molecule has 130 valence electrons. The van der Waals surface area contributed by atoms with E-state index in [0.717, 1.165) is 33.3 Å². The average molecular weight is 354 g/mol. The van der Waals surface area contributed by atoms with Crippen molar-refractivity contribution in [3.8, 4) is 22.3 Å². The molecule has 0 saturated carbocycles. The highest BCUT2D eigenvalue weighted by Crippen LogP contribution is 2.30. The van der Waals surface area contributed by atoms with E-state index in [1.807, 2.05) is 30.7 Å². The van der Waals surface area contributed by atoms with Crippen molar-refractivity contribution in [1.29, 1.82) is 0 Å². The summed E-state index contributed by atoms with van der Waals surface area (Å²) < 4.78 is 1.32. The van der Waals surface area contributed by atoms with Crippen LogP contribution in [-0.4, -0.2) is 35.9 Å². The number of hydrogen-bond donors (Lipinski definition) is 2. The Morgan fingerprint density at radius 1 is 1.00 bits per heavy atom. The quantitative estimate of drug-likeness (QED) is 0.519. The van der Waals surface area contributed by atoms with Crippen LogP contribution in [-0.2, 0) is 0 Å². The van der Waals surface area contributed by atoms with Gasteiger partial charge in [-0.15, -0.1) is 0 Å². The molecule has 0 aliphatic carbocycles. The summed E-state index contributed by atoms with van der Waals surface area (Å²) in [6, 6.07) is 11.3. The molecule has 0 bridgehead atoms. The van der Waals surface area contributed by atoms with Gasteiger partial charge >= 0.3 is 0 Å². The Kier molecular flexibility index (Phi) is 3.43. The van der Waals surface area contributed by atoms with Crippen LogP contribution in [0.5, 0.6) is 0 Å². The molecule has 0 spiro atoms. The fraction of sp³-hybridized carbons (Fsp3) is 0. The summed E-state index contributed by atoms with van der Waals surface area (Å²) in [5.74, 6) is -0.159. The van der Waals surface area contributed by atoms with Crippen molar-refractivity contribution in [1.82, 2.24) is 29.9 Å². The summed E-state index contributed by atoms with van der Waals surface area (Å²) in [7, 11) is 0. The zero-order chi connectivity index (χ0) is 18.2. The number of pyridine rings is 1. The molecular formula is C20H14N6O. The van der Waals surface area contributed by atoms with Crippen molar-refractivity contribution in [3.05, 3.63) is 79.1 Å². The zero-order valence-electron chi connectivity index (χ0n) is 14.1. The molecular weight excluding hydrogens is 340 g/mol. The van der Waals surface area contributed by atoms with Gasteiger partial charge in [0, 0.05) is 58.6 Å². The van der Waals surface area contributed by atoms with Gasteiger partial charge in [0.1, 0.15) is 5.65 Å². The van der Waals surface area contributed by atoms with Gasteiger partial charge in [-0.3, -0.25) is 9.89 Å². The number of H-pyrrole nitrogens is 2. The Morgan fingerprint density at radius 2 is 1.89 bits per heavy atom. The number of nitrogens with one attached hydrogen (secondary N) is 2. The Bertz CT molecular complexity index is 1220. The van der Waals surface area contributed by atoms with Crippen molar-refractivity contribution in [2.75, 3.05) is 0 Å². The van der Waals surface area contributed by atoms with E-state index >= 15 is 0 Å². The van der Waals surface area contributed by atoms with E-state index < -0.39 is 0 Å². The number of hydrogen-bond acceptors (Lipinski definition) is 4. The lowest BCUT2D eigenvalue weighted by atomic mass is 10.0. The van der Waals surface area contributed by atoms with Crippen LogP contribution in [0.1, 0.15) is 10.4 Å². The molecule has 4 heterocycles. The number of carbonyl (C=O) groups excluding carboxylic acids is 1. The molecule has 0 aliphatic heterocycles. The topological polar surface area (TPSA) is 92.3 Å². The molecule has 0 unspecified atom stereocenters. The number of fused-ring (bicyclic) bond motifs is 1. The van der Waals surface area contributed by atoms with Crippen LogP contribution < -0.4 is 0 Å². The zero-order valence-corrected chi connectivity index (χ0v) is 14.1. The van der Waals surface area contributed by atoms with Crippen molar-refractivity contribution >= 4 is 16.9 Å². The van der Waals surface area contributed by atoms with Gasteiger partial charge in [0.05, 0.1) is 6.20 Å². The maximum atomic E-state index is 12.3. The van der Waals surface area contributed by atoms with Gasteiger partial charge in [-0.1, -0.05) is 12.1 Å². The molecule has 5 rings (SSSR count). The molecule has 0 radical (unpaired) electrons. The van der Waals surface area contributed by atoms with E-state index in [-0.39, 0.29) is 5.91 Å². The van der Waals surface area contributed by atoms with Crippen LogP contribution in [0.2, 0.25) is 0 Å². The molecule has 4 aromatic heterocycles. The lowest BCUT2D eigenvalue weighted by molar-refractivity contribution is 0.0945. The summed E-state index contributed by atoms with van der Waals surface area (Å²) in [4.78, 5) is 20.1. The van der Waals surface area contributed by atoms with Crippen LogP contribution in [0.15, 0.2) is 73.6 Å². The first-order valence-corrected chi connectivity index (χ1v) is 8.41. The molecule has 27 heavy (non-hydrogen) atoms. The van der Waals surface area contributed by atoms with Crippen molar-refractivity contribution in [2.24, 2.45) is 0 Å². The predicted octanol–water partition coefficient (Wildman–Crippen LogP) is 3.51. The summed E-state index contributed by atoms with van der Waals surface area (Å²) in [6.45, 7) is 0. The number of carbonyl (C=O) groups is 1. The smallest absolute Gasteiger partial charge is 0.278 e. The minimum Gasteiger partial charge on any atom is -0.346 e. The van der Waals surface area contributed by atoms with Gasteiger partial charge in [-0.05, 0) is 29.8 Å². The molecule has 1 aromatic carbocycles. The number of aromatic amines is 2. The van der Waals surface area contributed by atoms with E-state index in [0.29, 0.717) is 5.56 Å². The molecule has 5 aromatic rings. The highest BCUT2D eigenvalue weighted by Gasteiger charge is 2.11. The van der Waals surface area contributed by atoms with E-state index in [9.17, 15) is 4.79 Å². The van der Waals surface area contributed by atoms with Crippen LogP contribution in [0.3, 0.4) is 0 Å². The maximum absolute atomic E-state index is 12.3. The second-order valence-electron chi connectivity index (χ2n) is 6.14. The lowest BCUT2D eigenvalue weighted by Gasteiger charge is -2.05. The first-order chi connectivity index (χ1) is 13.3. The molecule has 0 amide bonds. The van der Waals surface area contributed by atoms with Gasteiger partial charge in [0.25, 0.3) is 5.91 Å². The molecule has 7 heteroatoms. The molecule has 2 N–H and O–H groups in total. The van der Waals surface area contributed by atoms with Crippen molar-refractivity contribution < 1.29 is 4.79 Å². The predicted molar refractivity (Wildman–Crippen MR) is 101 cm³/mol. The lowest BCUT2D eigenvalue weighted by Crippen LogP contribution is -2.12. The van der Waals surface area contributed by atoms with Gasteiger partial charge in [0.15, 0.2) is 0 Å². The van der Waals surface area contributed by atoms with E-state index in [1.165, 1.54) is 4.68 Å². The van der Waals surface area contributed by atoms with Crippen LogP contribution in [0.25, 0.3) is 33.3 Å². The molecule has 0 saturated heterocycles. The van der Waals surface area contributed by atoms with E-state index in [2.05, 4.69) is 31.3 Å². The summed E-state index contributed by atoms with van der Waals surface area (Å²) in [5.41, 5.74) is 5.40. The third kappa shape index (κ3) is 2.62. The number of rotatable bonds is 3. The van der Waals surface area contributed by atoms with Crippen molar-refractivity contribution in [2.45, 2.75) is 0 Å².